The summed E-state index contributed by atoms with van der Waals surface area (Å²) in [5.41, 5.74) is 1.65. The van der Waals surface area contributed by atoms with E-state index in [-0.39, 0.29) is 11.0 Å². The Hall–Kier alpha value is -1.85. The smallest absolute Gasteiger partial charge is 0.206 e. The zero-order valence-electron chi connectivity index (χ0n) is 12.6. The molecule has 1 unspecified atom stereocenters. The summed E-state index contributed by atoms with van der Waals surface area (Å²) < 4.78 is 36.3. The molecule has 1 heterocycles. The summed E-state index contributed by atoms with van der Waals surface area (Å²) in [4.78, 5) is 0.578. The van der Waals surface area contributed by atoms with Crippen molar-refractivity contribution in [3.63, 3.8) is 0 Å². The van der Waals surface area contributed by atoms with Crippen molar-refractivity contribution in [2.75, 3.05) is 13.2 Å². The molecular weight excluding hydrogens is 300 g/mol. The third kappa shape index (κ3) is 3.00. The lowest BCUT2D eigenvalue weighted by molar-refractivity contribution is 0.261. The van der Waals surface area contributed by atoms with Crippen molar-refractivity contribution in [2.24, 2.45) is 0 Å². The molecule has 0 N–H and O–H groups in total. The van der Waals surface area contributed by atoms with Gasteiger partial charge in [0, 0.05) is 5.56 Å². The van der Waals surface area contributed by atoms with E-state index >= 15 is 0 Å². The Morgan fingerprint density at radius 2 is 1.82 bits per heavy atom. The predicted molar refractivity (Wildman–Crippen MR) is 83.0 cm³/mol. The summed E-state index contributed by atoms with van der Waals surface area (Å²) in [7, 11) is -3.54. The lowest BCUT2D eigenvalue weighted by Gasteiger charge is -2.13. The van der Waals surface area contributed by atoms with Gasteiger partial charge in [-0.2, -0.15) is 0 Å². The van der Waals surface area contributed by atoms with Crippen molar-refractivity contribution in [1.82, 2.24) is 0 Å². The first-order valence-corrected chi connectivity index (χ1v) is 8.62. The van der Waals surface area contributed by atoms with Crippen molar-refractivity contribution in [1.29, 1.82) is 0 Å². The fraction of sp³-hybridized carbons (Fsp3) is 0.294. The highest BCUT2D eigenvalue weighted by Gasteiger charge is 2.25. The van der Waals surface area contributed by atoms with E-state index in [9.17, 15) is 8.42 Å². The SMILES string of the molecule is Cc1ccc(S(=O)(=O)c2cccc(OCC3CO3)c2C)cc1. The summed E-state index contributed by atoms with van der Waals surface area (Å²) in [5, 5.41) is 0. The Morgan fingerprint density at radius 3 is 2.45 bits per heavy atom. The molecule has 1 saturated heterocycles. The maximum absolute atomic E-state index is 12.8. The largest absolute Gasteiger partial charge is 0.490 e. The Morgan fingerprint density at radius 1 is 1.14 bits per heavy atom. The molecule has 1 aliphatic heterocycles. The third-order valence-corrected chi connectivity index (χ3v) is 5.60. The number of aryl methyl sites for hydroxylation is 1. The highest BCUT2D eigenvalue weighted by atomic mass is 32.2. The van der Waals surface area contributed by atoms with Gasteiger partial charge >= 0.3 is 0 Å². The minimum absolute atomic E-state index is 0.136. The number of hydrogen-bond acceptors (Lipinski definition) is 4. The number of hydrogen-bond donors (Lipinski definition) is 0. The summed E-state index contributed by atoms with van der Waals surface area (Å²) >= 11 is 0. The van der Waals surface area contributed by atoms with Gasteiger partial charge in [0.05, 0.1) is 16.4 Å². The van der Waals surface area contributed by atoms with Crippen LogP contribution in [0.5, 0.6) is 5.75 Å². The first-order valence-electron chi connectivity index (χ1n) is 7.14. The molecule has 0 radical (unpaired) electrons. The van der Waals surface area contributed by atoms with E-state index in [4.69, 9.17) is 9.47 Å². The van der Waals surface area contributed by atoms with Gasteiger partial charge in [-0.15, -0.1) is 0 Å². The van der Waals surface area contributed by atoms with Crippen LogP contribution in [0.4, 0.5) is 0 Å². The van der Waals surface area contributed by atoms with Crippen LogP contribution in [-0.4, -0.2) is 27.7 Å². The molecule has 1 aliphatic rings. The first kappa shape index (κ1) is 15.1. The van der Waals surface area contributed by atoms with Crippen LogP contribution in [0, 0.1) is 13.8 Å². The molecule has 0 aliphatic carbocycles. The van der Waals surface area contributed by atoms with E-state index in [0.717, 1.165) is 5.56 Å². The second-order valence-electron chi connectivity index (χ2n) is 5.46. The summed E-state index contributed by atoms with van der Waals surface area (Å²) in [5.74, 6) is 0.587. The van der Waals surface area contributed by atoms with Crippen LogP contribution in [0.2, 0.25) is 0 Å². The average Bonchev–Trinajstić information content (AvgIpc) is 3.30. The number of epoxide rings is 1. The lowest BCUT2D eigenvalue weighted by atomic mass is 10.2. The molecule has 2 aromatic carbocycles. The Kier molecular flexibility index (Phi) is 3.93. The van der Waals surface area contributed by atoms with Gasteiger partial charge in [0.15, 0.2) is 0 Å². The topological polar surface area (TPSA) is 55.9 Å². The van der Waals surface area contributed by atoms with Gasteiger partial charge in [-0.3, -0.25) is 0 Å². The molecule has 0 saturated carbocycles. The highest BCUT2D eigenvalue weighted by Crippen LogP contribution is 2.30. The fourth-order valence-electron chi connectivity index (χ4n) is 2.23. The van der Waals surface area contributed by atoms with Gasteiger partial charge in [-0.05, 0) is 38.1 Å². The van der Waals surface area contributed by atoms with Crippen LogP contribution in [0.1, 0.15) is 11.1 Å². The van der Waals surface area contributed by atoms with Crippen LogP contribution in [0.25, 0.3) is 0 Å². The quantitative estimate of drug-likeness (QED) is 0.795. The van der Waals surface area contributed by atoms with Crippen LogP contribution in [0.15, 0.2) is 52.3 Å². The van der Waals surface area contributed by atoms with E-state index in [0.29, 0.717) is 29.4 Å². The summed E-state index contributed by atoms with van der Waals surface area (Å²) in [6.07, 6.45) is 0.136. The van der Waals surface area contributed by atoms with Gasteiger partial charge in [-0.25, -0.2) is 8.42 Å². The highest BCUT2D eigenvalue weighted by molar-refractivity contribution is 7.91. The normalized spacial score (nSPS) is 17.3. The van der Waals surface area contributed by atoms with Crippen molar-refractivity contribution < 1.29 is 17.9 Å². The molecule has 116 valence electrons. The van der Waals surface area contributed by atoms with Crippen LogP contribution in [0.3, 0.4) is 0 Å². The van der Waals surface area contributed by atoms with Gasteiger partial charge in [0.1, 0.15) is 18.5 Å². The van der Waals surface area contributed by atoms with Crippen molar-refractivity contribution in [3.05, 3.63) is 53.6 Å². The molecule has 0 amide bonds. The van der Waals surface area contributed by atoms with E-state index in [1.165, 1.54) is 0 Å². The maximum atomic E-state index is 12.8. The number of rotatable bonds is 5. The van der Waals surface area contributed by atoms with E-state index in [1.54, 1.807) is 49.4 Å². The third-order valence-electron chi connectivity index (χ3n) is 3.68. The zero-order valence-corrected chi connectivity index (χ0v) is 13.4. The minimum atomic E-state index is -3.54. The standard InChI is InChI=1S/C17H18O4S/c1-12-6-8-15(9-7-12)22(18,19)17-5-3-4-16(13(17)2)21-11-14-10-20-14/h3-9,14H,10-11H2,1-2H3. The number of ether oxygens (including phenoxy) is 2. The summed E-state index contributed by atoms with van der Waals surface area (Å²) in [6.45, 7) is 4.86. The maximum Gasteiger partial charge on any atom is 0.206 e. The Balaban J connectivity index is 1.95. The first-order chi connectivity index (χ1) is 10.5. The van der Waals surface area contributed by atoms with Crippen LogP contribution in [-0.2, 0) is 14.6 Å². The Bertz CT molecular complexity index is 775. The van der Waals surface area contributed by atoms with Crippen LogP contribution >= 0.6 is 0 Å². The molecular formula is C17H18O4S. The molecule has 0 aromatic heterocycles. The fourth-order valence-corrected chi connectivity index (χ4v) is 3.74. The Labute approximate surface area is 130 Å². The summed E-state index contributed by atoms with van der Waals surface area (Å²) in [6, 6.07) is 12.0. The molecule has 1 atom stereocenters. The minimum Gasteiger partial charge on any atom is -0.490 e. The van der Waals surface area contributed by atoms with Crippen molar-refractivity contribution in [2.45, 2.75) is 29.7 Å². The molecule has 0 bridgehead atoms. The van der Waals surface area contributed by atoms with Crippen molar-refractivity contribution in [3.8, 4) is 5.75 Å². The zero-order chi connectivity index (χ0) is 15.7. The van der Waals surface area contributed by atoms with E-state index in [2.05, 4.69) is 0 Å². The molecule has 2 aromatic rings. The average molecular weight is 318 g/mol. The molecule has 22 heavy (non-hydrogen) atoms. The molecule has 1 fully saturated rings. The molecule has 3 rings (SSSR count). The molecule has 5 heteroatoms. The number of benzene rings is 2. The van der Waals surface area contributed by atoms with E-state index < -0.39 is 9.84 Å². The van der Waals surface area contributed by atoms with Gasteiger partial charge in [-0.1, -0.05) is 23.8 Å². The second kappa shape index (κ2) is 5.74. The lowest BCUT2D eigenvalue weighted by Crippen LogP contribution is -2.08. The molecule has 4 nitrogen and oxygen atoms in total. The van der Waals surface area contributed by atoms with Crippen LogP contribution < -0.4 is 4.74 Å². The second-order valence-corrected chi connectivity index (χ2v) is 7.38. The number of sulfone groups is 1. The predicted octanol–water partition coefficient (Wildman–Crippen LogP) is 2.91. The van der Waals surface area contributed by atoms with E-state index in [1.807, 2.05) is 6.92 Å². The molecule has 0 spiro atoms. The monoisotopic (exact) mass is 318 g/mol. The van der Waals surface area contributed by atoms with Crippen molar-refractivity contribution >= 4 is 9.84 Å². The van der Waals surface area contributed by atoms with Gasteiger partial charge in [0.2, 0.25) is 9.84 Å². The van der Waals surface area contributed by atoms with Gasteiger partial charge in [0.25, 0.3) is 0 Å². The van der Waals surface area contributed by atoms with Gasteiger partial charge < -0.3 is 9.47 Å².